The highest BCUT2D eigenvalue weighted by Gasteiger charge is 2.44. The molecule has 9 heteroatoms. The fraction of sp³-hybridized carbons (Fsp3) is 0.923. The lowest BCUT2D eigenvalue weighted by molar-refractivity contribution is -0.302. The fourth-order valence-electron chi connectivity index (χ4n) is 10.6. The summed E-state index contributed by atoms with van der Waals surface area (Å²) in [7, 11) is 0. The second kappa shape index (κ2) is 55.0. The zero-order valence-electron chi connectivity index (χ0n) is 48.9. The van der Waals surface area contributed by atoms with E-state index in [-0.39, 0.29) is 12.5 Å². The number of carbonyl (C=O) groups excluding carboxylic acids is 1. The van der Waals surface area contributed by atoms with Crippen LogP contribution in [0.25, 0.3) is 0 Å². The Bertz CT molecular complexity index is 1210. The molecule has 1 aliphatic rings. The molecule has 1 fully saturated rings. The summed E-state index contributed by atoms with van der Waals surface area (Å²) in [6.07, 6.45) is 64.5. The second-order valence-electron chi connectivity index (χ2n) is 22.9. The number of amides is 1. The Labute approximate surface area is 458 Å². The molecule has 0 aromatic rings. The molecule has 1 heterocycles. The van der Waals surface area contributed by atoms with Crippen LogP contribution in [0, 0.1) is 0 Å². The Morgan fingerprint density at radius 1 is 0.446 bits per heavy atom. The van der Waals surface area contributed by atoms with E-state index in [9.17, 15) is 30.3 Å². The lowest BCUT2D eigenvalue weighted by atomic mass is 9.99. The quantitative estimate of drug-likeness (QED) is 0.0261. The van der Waals surface area contributed by atoms with Gasteiger partial charge in [-0.1, -0.05) is 301 Å². The van der Waals surface area contributed by atoms with Gasteiger partial charge in [-0.25, -0.2) is 0 Å². The van der Waals surface area contributed by atoms with Gasteiger partial charge in [0.15, 0.2) is 6.29 Å². The summed E-state index contributed by atoms with van der Waals surface area (Å²) in [5.74, 6) is -0.172. The van der Waals surface area contributed by atoms with Gasteiger partial charge in [0.05, 0.1) is 25.4 Å². The highest BCUT2D eigenvalue weighted by Crippen LogP contribution is 2.23. The van der Waals surface area contributed by atoms with Crippen molar-refractivity contribution in [1.29, 1.82) is 0 Å². The maximum Gasteiger partial charge on any atom is 0.220 e. The molecule has 0 aromatic carbocycles. The van der Waals surface area contributed by atoms with Crippen LogP contribution in [0.3, 0.4) is 0 Å². The van der Waals surface area contributed by atoms with Gasteiger partial charge < -0.3 is 40.3 Å². The molecule has 0 saturated carbocycles. The summed E-state index contributed by atoms with van der Waals surface area (Å²) in [4.78, 5) is 13.0. The van der Waals surface area contributed by atoms with Crippen LogP contribution in [0.15, 0.2) is 24.3 Å². The first kappa shape index (κ1) is 70.7. The summed E-state index contributed by atoms with van der Waals surface area (Å²) in [6.45, 7) is 3.80. The number of carbonyl (C=O) groups is 1. The third kappa shape index (κ3) is 43.6. The van der Waals surface area contributed by atoms with Crippen LogP contribution >= 0.6 is 0 Å². The van der Waals surface area contributed by atoms with Crippen LogP contribution < -0.4 is 5.32 Å². The minimum Gasteiger partial charge on any atom is -0.394 e. The minimum absolute atomic E-state index is 0.172. The Balaban J connectivity index is 2.01. The summed E-state index contributed by atoms with van der Waals surface area (Å²) in [5, 5.41) is 54.4. The summed E-state index contributed by atoms with van der Waals surface area (Å²) in [5.41, 5.74) is 0. The average Bonchev–Trinajstić information content (AvgIpc) is 3.40. The van der Waals surface area contributed by atoms with E-state index in [0.29, 0.717) is 6.42 Å². The lowest BCUT2D eigenvalue weighted by Gasteiger charge is -2.40. The van der Waals surface area contributed by atoms with Crippen molar-refractivity contribution in [2.24, 2.45) is 0 Å². The fourth-order valence-corrected chi connectivity index (χ4v) is 10.6. The number of hydrogen-bond donors (Lipinski definition) is 6. The van der Waals surface area contributed by atoms with Crippen molar-refractivity contribution in [1.82, 2.24) is 5.32 Å². The first-order valence-corrected chi connectivity index (χ1v) is 32.6. The highest BCUT2D eigenvalue weighted by atomic mass is 16.7. The number of hydrogen-bond acceptors (Lipinski definition) is 8. The molecule has 1 amide bonds. The van der Waals surface area contributed by atoms with Gasteiger partial charge in [-0.3, -0.25) is 4.79 Å². The van der Waals surface area contributed by atoms with Crippen LogP contribution in [0.4, 0.5) is 0 Å². The van der Waals surface area contributed by atoms with Crippen molar-refractivity contribution in [3.05, 3.63) is 24.3 Å². The van der Waals surface area contributed by atoms with E-state index in [1.54, 1.807) is 6.08 Å². The molecule has 1 rings (SSSR count). The lowest BCUT2D eigenvalue weighted by Crippen LogP contribution is -2.60. The van der Waals surface area contributed by atoms with Crippen LogP contribution in [-0.2, 0) is 14.3 Å². The van der Waals surface area contributed by atoms with Gasteiger partial charge in [-0.2, -0.15) is 0 Å². The monoisotopic (exact) mass is 1050 g/mol. The van der Waals surface area contributed by atoms with E-state index in [1.165, 1.54) is 270 Å². The molecule has 0 radical (unpaired) electrons. The molecule has 6 N–H and O–H groups in total. The van der Waals surface area contributed by atoms with Crippen molar-refractivity contribution >= 4 is 5.91 Å². The normalized spacial score (nSPS) is 19.0. The third-order valence-corrected chi connectivity index (χ3v) is 15.8. The SMILES string of the molecule is CCCCCCCCCCCC/C=C/C(O)C(COC1OC(CO)C(O)C(O)C1O)NC(=O)CCCCCCCCCCCCCCCCCCC/C=C\CCCCCCCCCCCCCCCCCCCC. The summed E-state index contributed by atoms with van der Waals surface area (Å²) >= 11 is 0. The molecule has 0 spiro atoms. The zero-order valence-corrected chi connectivity index (χ0v) is 48.9. The molecule has 0 bridgehead atoms. The van der Waals surface area contributed by atoms with Gasteiger partial charge in [0.25, 0.3) is 0 Å². The van der Waals surface area contributed by atoms with Crippen molar-refractivity contribution in [2.45, 2.75) is 371 Å². The van der Waals surface area contributed by atoms with Crippen LogP contribution in [-0.4, -0.2) is 87.5 Å². The number of nitrogens with one attached hydrogen (secondary N) is 1. The Hall–Kier alpha value is -1.33. The zero-order chi connectivity index (χ0) is 53.6. The molecule has 0 aliphatic carbocycles. The topological polar surface area (TPSA) is 149 Å². The molecule has 7 unspecified atom stereocenters. The van der Waals surface area contributed by atoms with E-state index >= 15 is 0 Å². The van der Waals surface area contributed by atoms with Gasteiger partial charge in [0, 0.05) is 6.42 Å². The van der Waals surface area contributed by atoms with E-state index < -0.39 is 49.5 Å². The van der Waals surface area contributed by atoms with Crippen molar-refractivity contribution in [3.63, 3.8) is 0 Å². The first-order valence-electron chi connectivity index (χ1n) is 32.6. The molecular weight excluding hydrogens is 923 g/mol. The number of aliphatic hydroxyl groups is 5. The molecule has 9 nitrogen and oxygen atoms in total. The van der Waals surface area contributed by atoms with Gasteiger partial charge in [0.1, 0.15) is 24.4 Å². The van der Waals surface area contributed by atoms with E-state index in [4.69, 9.17) is 9.47 Å². The second-order valence-corrected chi connectivity index (χ2v) is 22.9. The summed E-state index contributed by atoms with van der Waals surface area (Å²) in [6, 6.07) is -0.801. The maximum absolute atomic E-state index is 13.0. The van der Waals surface area contributed by atoms with E-state index in [2.05, 4.69) is 31.3 Å². The number of ether oxygens (including phenoxy) is 2. The number of unbranched alkanes of at least 4 members (excludes halogenated alkanes) is 45. The van der Waals surface area contributed by atoms with Crippen molar-refractivity contribution < 1.29 is 39.8 Å². The number of allylic oxidation sites excluding steroid dienone is 3. The largest absolute Gasteiger partial charge is 0.394 e. The molecule has 0 aromatic heterocycles. The van der Waals surface area contributed by atoms with Crippen LogP contribution in [0.5, 0.6) is 0 Å². The minimum atomic E-state index is -1.56. The van der Waals surface area contributed by atoms with E-state index in [1.807, 2.05) is 6.08 Å². The first-order chi connectivity index (χ1) is 36.3. The van der Waals surface area contributed by atoms with Gasteiger partial charge >= 0.3 is 0 Å². The summed E-state index contributed by atoms with van der Waals surface area (Å²) < 4.78 is 11.3. The standard InChI is InChI=1S/C65H125NO8/c1-3-5-7-9-11-13-15-17-18-19-20-21-22-23-24-25-26-27-28-29-30-31-32-33-34-35-36-37-38-39-40-41-42-43-45-47-49-51-53-55-61(69)66-58(57-73-65-64(72)63(71)62(70)60(56-67)74-65)59(68)54-52-50-48-46-44-16-14-12-10-8-6-4-2/h29-30,52,54,58-60,62-65,67-68,70-72H,3-28,31-51,53,55-57H2,1-2H3,(H,66,69)/b30-29-,54-52+. The molecule has 438 valence electrons. The van der Waals surface area contributed by atoms with Gasteiger partial charge in [-0.15, -0.1) is 0 Å². The van der Waals surface area contributed by atoms with Gasteiger partial charge in [-0.05, 0) is 44.9 Å². The van der Waals surface area contributed by atoms with Gasteiger partial charge in [0.2, 0.25) is 5.91 Å². The molecule has 74 heavy (non-hydrogen) atoms. The average molecular weight is 1050 g/mol. The Morgan fingerprint density at radius 2 is 0.757 bits per heavy atom. The Morgan fingerprint density at radius 3 is 1.09 bits per heavy atom. The predicted octanol–water partition coefficient (Wildman–Crippen LogP) is 16.9. The Kier molecular flexibility index (Phi) is 52.5. The van der Waals surface area contributed by atoms with Crippen LogP contribution in [0.2, 0.25) is 0 Å². The predicted molar refractivity (Wildman–Crippen MR) is 314 cm³/mol. The molecule has 1 saturated heterocycles. The van der Waals surface area contributed by atoms with Crippen molar-refractivity contribution in [2.75, 3.05) is 13.2 Å². The number of aliphatic hydroxyl groups excluding tert-OH is 5. The molecule has 7 atom stereocenters. The third-order valence-electron chi connectivity index (χ3n) is 15.8. The molecule has 1 aliphatic heterocycles. The molecular formula is C65H125NO8. The smallest absolute Gasteiger partial charge is 0.220 e. The maximum atomic E-state index is 13.0. The number of rotatable bonds is 57. The van der Waals surface area contributed by atoms with Crippen molar-refractivity contribution in [3.8, 4) is 0 Å². The van der Waals surface area contributed by atoms with E-state index in [0.717, 1.165) is 38.5 Å². The highest BCUT2D eigenvalue weighted by molar-refractivity contribution is 5.76. The van der Waals surface area contributed by atoms with Crippen LogP contribution in [0.1, 0.15) is 328 Å².